The molecule has 3 aliphatic rings. The number of allylic oxidation sites excluding steroid dienone is 15. The van der Waals surface area contributed by atoms with Crippen LogP contribution in [0.2, 0.25) is 0 Å². The fourth-order valence-electron chi connectivity index (χ4n) is 11.8. The van der Waals surface area contributed by atoms with Gasteiger partial charge < -0.3 is 10.6 Å². The number of nitrogens with one attached hydrogen (secondary N) is 2. The first kappa shape index (κ1) is 47.6. The number of hydrogen-bond acceptors (Lipinski definition) is 2. The predicted molar refractivity (Wildman–Crippen MR) is 302 cm³/mol. The zero-order valence-corrected chi connectivity index (χ0v) is 42.2. The second kappa shape index (κ2) is 20.7. The van der Waals surface area contributed by atoms with E-state index in [1.54, 1.807) is 0 Å². The lowest BCUT2D eigenvalue weighted by Crippen LogP contribution is -2.33. The molecule has 2 heteroatoms. The second-order valence-corrected chi connectivity index (χ2v) is 19.6. The summed E-state index contributed by atoms with van der Waals surface area (Å²) in [5.41, 5.74) is 22.9. The number of anilines is 1. The van der Waals surface area contributed by atoms with Crippen LogP contribution in [0.4, 0.5) is 5.69 Å². The van der Waals surface area contributed by atoms with Crippen LogP contribution < -0.4 is 10.6 Å². The van der Waals surface area contributed by atoms with Crippen molar-refractivity contribution >= 4 is 22.4 Å². The summed E-state index contributed by atoms with van der Waals surface area (Å²) in [4.78, 5) is 0. The van der Waals surface area contributed by atoms with Crippen LogP contribution in [-0.4, -0.2) is 13.1 Å². The zero-order valence-electron chi connectivity index (χ0n) is 42.2. The molecular weight excluding hydrogens is 845 g/mol. The van der Waals surface area contributed by atoms with Crippen LogP contribution in [0.25, 0.3) is 27.8 Å². The molecule has 0 radical (unpaired) electrons. The highest BCUT2D eigenvalue weighted by atomic mass is 14.9. The average molecular weight is 913 g/mol. The van der Waals surface area contributed by atoms with Gasteiger partial charge in [-0.2, -0.15) is 0 Å². The molecule has 0 aliphatic heterocycles. The molecule has 0 spiro atoms. The molecule has 0 amide bonds. The van der Waals surface area contributed by atoms with E-state index in [0.29, 0.717) is 0 Å². The standard InChI is InChI=1S/C68H68N2/c1-9-25-59-51(10-2)44-56-45-61(60(48(4)42-49(5)70-58-30-19-13-20-31-58)43-47(3)52-34-36-54(37-35-52)53-26-15-11-16-27-53)50(6)65(66(56)59)55-38-40-67(7)62-32-21-22-33-63(62)68(64(67)46-55,39-23-14-24-41-69-8)57-28-17-12-18-29-57/h9-38,41-43,45-47,49,69-70H,2,39-40,44H2,1,3-8H3/b23-14-,25-9-,41-24-,48-42-,60-43+. The quantitative estimate of drug-likeness (QED) is 0.0946. The number of benzene rings is 6. The topological polar surface area (TPSA) is 24.1 Å². The van der Waals surface area contributed by atoms with Gasteiger partial charge >= 0.3 is 0 Å². The smallest absolute Gasteiger partial charge is 0.0460 e. The van der Waals surface area contributed by atoms with E-state index in [2.05, 4.69) is 265 Å². The molecule has 0 fully saturated rings. The van der Waals surface area contributed by atoms with E-state index in [9.17, 15) is 0 Å². The van der Waals surface area contributed by atoms with E-state index in [0.717, 1.165) is 24.9 Å². The van der Waals surface area contributed by atoms with E-state index in [-0.39, 0.29) is 22.8 Å². The minimum Gasteiger partial charge on any atom is -0.394 e. The molecule has 9 rings (SSSR count). The monoisotopic (exact) mass is 913 g/mol. The molecule has 2 nitrogen and oxygen atoms in total. The lowest BCUT2D eigenvalue weighted by atomic mass is 9.63. The first-order chi connectivity index (χ1) is 34.1. The number of hydrogen-bond donors (Lipinski definition) is 2. The second-order valence-electron chi connectivity index (χ2n) is 19.6. The van der Waals surface area contributed by atoms with Gasteiger partial charge in [0.1, 0.15) is 0 Å². The molecule has 0 saturated carbocycles. The lowest BCUT2D eigenvalue weighted by molar-refractivity contribution is 0.511. The van der Waals surface area contributed by atoms with Crippen LogP contribution in [-0.2, 0) is 17.3 Å². The Kier molecular flexibility index (Phi) is 14.1. The molecular formula is C68H68N2. The van der Waals surface area contributed by atoms with E-state index in [1.165, 1.54) is 94.6 Å². The molecule has 4 atom stereocenters. The molecule has 0 aromatic heterocycles. The van der Waals surface area contributed by atoms with E-state index in [4.69, 9.17) is 0 Å². The highest BCUT2D eigenvalue weighted by molar-refractivity contribution is 5.98. The Balaban J connectivity index is 1.26. The van der Waals surface area contributed by atoms with Crippen molar-refractivity contribution in [3.05, 3.63) is 286 Å². The van der Waals surface area contributed by atoms with E-state index in [1.807, 2.05) is 13.2 Å². The van der Waals surface area contributed by atoms with Crippen molar-refractivity contribution in [1.82, 2.24) is 5.32 Å². The maximum atomic E-state index is 4.39. The van der Waals surface area contributed by atoms with Gasteiger partial charge in [-0.25, -0.2) is 0 Å². The van der Waals surface area contributed by atoms with E-state index >= 15 is 0 Å². The molecule has 0 bridgehead atoms. The van der Waals surface area contributed by atoms with Crippen LogP contribution in [0.5, 0.6) is 0 Å². The first-order valence-corrected chi connectivity index (χ1v) is 25.2. The molecule has 2 N–H and O–H groups in total. The van der Waals surface area contributed by atoms with Crippen LogP contribution in [0, 0.1) is 6.92 Å². The lowest BCUT2D eigenvalue weighted by Gasteiger charge is -2.39. The van der Waals surface area contributed by atoms with Crippen LogP contribution >= 0.6 is 0 Å². The van der Waals surface area contributed by atoms with Crippen LogP contribution in [0.1, 0.15) is 103 Å². The maximum Gasteiger partial charge on any atom is 0.0460 e. The summed E-state index contributed by atoms with van der Waals surface area (Å²) in [6.45, 7) is 18.3. The SMILES string of the molecule is C=CC1=C(/C=C\C)c2c(cc(C(=C/C(C)c3ccc(-c4ccccc4)cc3)/C(C)=C\C(C)Nc3ccccc3)c(C)c2C2=CCC3(C)C(=C2)C(C/C=C\C=C/NC)(c2ccccc2)c2ccccc23)C1. The van der Waals surface area contributed by atoms with Gasteiger partial charge in [0, 0.05) is 29.6 Å². The Bertz CT molecular complexity index is 3130. The third kappa shape index (κ3) is 9.00. The summed E-state index contributed by atoms with van der Waals surface area (Å²) >= 11 is 0. The normalized spacial score (nSPS) is 19.8. The van der Waals surface area contributed by atoms with Crippen molar-refractivity contribution in [2.45, 2.75) is 83.6 Å². The van der Waals surface area contributed by atoms with Gasteiger partial charge in [0.25, 0.3) is 0 Å². The highest BCUT2D eigenvalue weighted by Crippen LogP contribution is 2.62. The number of rotatable bonds is 16. The van der Waals surface area contributed by atoms with Gasteiger partial charge in [-0.15, -0.1) is 0 Å². The predicted octanol–water partition coefficient (Wildman–Crippen LogP) is 17.0. The van der Waals surface area contributed by atoms with Crippen LogP contribution in [0.3, 0.4) is 0 Å². The van der Waals surface area contributed by atoms with Gasteiger partial charge in [0.2, 0.25) is 0 Å². The number of fused-ring (bicyclic) bond motifs is 4. The fourth-order valence-corrected chi connectivity index (χ4v) is 11.8. The zero-order chi connectivity index (χ0) is 48.8. The summed E-state index contributed by atoms with van der Waals surface area (Å²) in [6, 6.07) is 53.5. The van der Waals surface area contributed by atoms with Gasteiger partial charge in [-0.3, -0.25) is 0 Å². The van der Waals surface area contributed by atoms with E-state index < -0.39 is 0 Å². The Labute approximate surface area is 418 Å². The van der Waals surface area contributed by atoms with Crippen molar-refractivity contribution < 1.29 is 0 Å². The first-order valence-electron chi connectivity index (χ1n) is 25.2. The summed E-state index contributed by atoms with van der Waals surface area (Å²) in [5.74, 6) is 0.147. The van der Waals surface area contributed by atoms with Crippen molar-refractivity contribution in [1.29, 1.82) is 0 Å². The van der Waals surface area contributed by atoms with Gasteiger partial charge in [-0.05, 0) is 178 Å². The summed E-state index contributed by atoms with van der Waals surface area (Å²) < 4.78 is 0. The third-order valence-corrected chi connectivity index (χ3v) is 15.1. The molecule has 4 unspecified atom stereocenters. The fraction of sp³-hybridized carbons (Fsp3) is 0.206. The molecule has 6 aromatic carbocycles. The van der Waals surface area contributed by atoms with Crippen molar-refractivity contribution in [3.63, 3.8) is 0 Å². The van der Waals surface area contributed by atoms with Crippen LogP contribution in [0.15, 0.2) is 236 Å². The minimum absolute atomic E-state index is 0.0946. The Hall–Kier alpha value is -7.42. The summed E-state index contributed by atoms with van der Waals surface area (Å²) in [6.07, 6.45) is 27.9. The van der Waals surface area contributed by atoms with Crippen molar-refractivity contribution in [2.75, 3.05) is 12.4 Å². The highest BCUT2D eigenvalue weighted by Gasteiger charge is 2.54. The van der Waals surface area contributed by atoms with Crippen molar-refractivity contribution in [3.8, 4) is 11.1 Å². The van der Waals surface area contributed by atoms with Gasteiger partial charge in [0.15, 0.2) is 0 Å². The molecule has 350 valence electrons. The maximum absolute atomic E-state index is 4.39. The molecule has 6 aromatic rings. The minimum atomic E-state index is -0.364. The number of para-hydroxylation sites is 1. The third-order valence-electron chi connectivity index (χ3n) is 15.1. The van der Waals surface area contributed by atoms with Crippen molar-refractivity contribution in [2.24, 2.45) is 0 Å². The van der Waals surface area contributed by atoms with Gasteiger partial charge in [0.05, 0.1) is 0 Å². The largest absolute Gasteiger partial charge is 0.394 e. The Morgan fingerprint density at radius 3 is 2.11 bits per heavy atom. The summed E-state index contributed by atoms with van der Waals surface area (Å²) in [7, 11) is 1.95. The Morgan fingerprint density at radius 1 is 0.771 bits per heavy atom. The van der Waals surface area contributed by atoms with Gasteiger partial charge in [-0.1, -0.05) is 203 Å². The Morgan fingerprint density at radius 2 is 1.43 bits per heavy atom. The molecule has 0 saturated heterocycles. The molecule has 0 heterocycles. The molecule has 70 heavy (non-hydrogen) atoms. The summed E-state index contributed by atoms with van der Waals surface area (Å²) in [5, 5.41) is 6.92. The average Bonchev–Trinajstić information content (AvgIpc) is 3.85. The molecule has 3 aliphatic carbocycles.